The van der Waals surface area contributed by atoms with Crippen molar-refractivity contribution in [3.05, 3.63) is 69.4 Å². The van der Waals surface area contributed by atoms with E-state index < -0.39 is 10.8 Å². The average Bonchev–Trinajstić information content (AvgIpc) is 2.62. The second-order valence-electron chi connectivity index (χ2n) is 4.93. The first-order valence-corrected chi connectivity index (χ1v) is 7.58. The minimum absolute atomic E-state index is 0.170. The number of methoxy groups -OCH3 is 1. The molecule has 0 radical (unpaired) electrons. The van der Waals surface area contributed by atoms with Crippen LogP contribution in [0.15, 0.2) is 54.2 Å². The fourth-order valence-electron chi connectivity index (χ4n) is 1.96. The van der Waals surface area contributed by atoms with E-state index >= 15 is 0 Å². The molecule has 8 nitrogen and oxygen atoms in total. The Morgan fingerprint density at radius 2 is 2.08 bits per heavy atom. The summed E-state index contributed by atoms with van der Waals surface area (Å²) in [6, 6.07) is 12.0. The van der Waals surface area contributed by atoms with Crippen LogP contribution in [0.25, 0.3) is 0 Å². The largest absolute Gasteiger partial charge is 0.495 e. The number of benzene rings is 2. The van der Waals surface area contributed by atoms with Crippen LogP contribution in [0.4, 0.5) is 17.1 Å². The third-order valence-electron chi connectivity index (χ3n) is 3.21. The van der Waals surface area contributed by atoms with Crippen molar-refractivity contribution in [2.75, 3.05) is 17.7 Å². The minimum Gasteiger partial charge on any atom is -0.495 e. The zero-order chi connectivity index (χ0) is 19.1. The van der Waals surface area contributed by atoms with Crippen LogP contribution in [0, 0.1) is 21.4 Å². The molecule has 0 heterocycles. The van der Waals surface area contributed by atoms with Gasteiger partial charge in [0.1, 0.15) is 17.4 Å². The molecule has 2 aromatic carbocycles. The zero-order valence-electron chi connectivity index (χ0n) is 13.5. The van der Waals surface area contributed by atoms with Crippen LogP contribution in [0.5, 0.6) is 5.75 Å². The van der Waals surface area contributed by atoms with Gasteiger partial charge in [-0.25, -0.2) is 0 Å². The molecule has 132 valence electrons. The number of carbonyl (C=O) groups is 1. The summed E-state index contributed by atoms with van der Waals surface area (Å²) in [6.45, 7) is 0. The molecular weight excluding hydrogens is 360 g/mol. The van der Waals surface area contributed by atoms with Gasteiger partial charge in [-0.1, -0.05) is 17.7 Å². The molecule has 2 rings (SSSR count). The van der Waals surface area contributed by atoms with Gasteiger partial charge in [-0.15, -0.1) is 0 Å². The van der Waals surface area contributed by atoms with Crippen molar-refractivity contribution in [3.63, 3.8) is 0 Å². The quantitative estimate of drug-likeness (QED) is 0.345. The predicted molar refractivity (Wildman–Crippen MR) is 97.0 cm³/mol. The number of ether oxygens (including phenoxy) is 1. The van der Waals surface area contributed by atoms with Crippen LogP contribution in [-0.2, 0) is 4.79 Å². The monoisotopic (exact) mass is 372 g/mol. The van der Waals surface area contributed by atoms with Crippen LogP contribution in [0.3, 0.4) is 0 Å². The summed E-state index contributed by atoms with van der Waals surface area (Å²) in [4.78, 5) is 22.3. The number of rotatable bonds is 6. The Kier molecular flexibility index (Phi) is 6.14. The SMILES string of the molecule is COc1ccc(N/C=C(/C#N)C(=O)Nc2cccc([N+](=O)[O-])c2)cc1Cl. The Hall–Kier alpha value is -3.57. The van der Waals surface area contributed by atoms with Crippen LogP contribution in [-0.4, -0.2) is 17.9 Å². The standard InChI is InChI=1S/C17H13ClN4O4/c1-26-16-6-5-12(8-15(16)18)20-10-11(9-19)17(23)21-13-3-2-4-14(7-13)22(24)25/h2-8,10,20H,1H3,(H,21,23)/b11-10-. The maximum atomic E-state index is 12.2. The zero-order valence-corrected chi connectivity index (χ0v) is 14.3. The number of halogens is 1. The topological polar surface area (TPSA) is 117 Å². The molecular formula is C17H13ClN4O4. The molecule has 26 heavy (non-hydrogen) atoms. The van der Waals surface area contributed by atoms with Crippen LogP contribution in [0.2, 0.25) is 5.02 Å². The molecule has 9 heteroatoms. The van der Waals surface area contributed by atoms with Crippen molar-refractivity contribution in [3.8, 4) is 11.8 Å². The van der Waals surface area contributed by atoms with Gasteiger partial charge in [0, 0.05) is 29.7 Å². The number of carbonyl (C=O) groups excluding carboxylic acids is 1. The lowest BCUT2D eigenvalue weighted by Gasteiger charge is -2.07. The second-order valence-corrected chi connectivity index (χ2v) is 5.33. The first kappa shape index (κ1) is 18.8. The molecule has 0 aliphatic rings. The Morgan fingerprint density at radius 3 is 2.69 bits per heavy atom. The number of hydrogen-bond acceptors (Lipinski definition) is 6. The highest BCUT2D eigenvalue weighted by atomic mass is 35.5. The summed E-state index contributed by atoms with van der Waals surface area (Å²) < 4.78 is 5.04. The van der Waals surface area contributed by atoms with Crippen molar-refractivity contribution < 1.29 is 14.5 Å². The van der Waals surface area contributed by atoms with E-state index in [1.54, 1.807) is 24.3 Å². The summed E-state index contributed by atoms with van der Waals surface area (Å²) in [6.07, 6.45) is 1.21. The molecule has 0 fully saturated rings. The number of nitrogens with zero attached hydrogens (tertiary/aromatic N) is 2. The van der Waals surface area contributed by atoms with E-state index in [1.807, 2.05) is 0 Å². The maximum absolute atomic E-state index is 12.2. The highest BCUT2D eigenvalue weighted by Gasteiger charge is 2.12. The lowest BCUT2D eigenvalue weighted by atomic mass is 10.2. The summed E-state index contributed by atoms with van der Waals surface area (Å²) in [5.74, 6) is -0.217. The molecule has 0 bridgehead atoms. The normalized spacial score (nSPS) is 10.6. The van der Waals surface area contributed by atoms with E-state index in [-0.39, 0.29) is 16.9 Å². The van der Waals surface area contributed by atoms with Crippen molar-refractivity contribution in [2.24, 2.45) is 0 Å². The second kappa shape index (κ2) is 8.50. The van der Waals surface area contributed by atoms with E-state index in [2.05, 4.69) is 10.6 Å². The maximum Gasteiger partial charge on any atom is 0.271 e. The van der Waals surface area contributed by atoms with Crippen molar-refractivity contribution in [1.82, 2.24) is 0 Å². The predicted octanol–water partition coefficient (Wildman–Crippen LogP) is 3.71. The lowest BCUT2D eigenvalue weighted by molar-refractivity contribution is -0.384. The molecule has 1 amide bonds. The Labute approximate surface area is 153 Å². The Morgan fingerprint density at radius 1 is 1.31 bits per heavy atom. The highest BCUT2D eigenvalue weighted by molar-refractivity contribution is 6.32. The van der Waals surface area contributed by atoms with Gasteiger partial charge in [0.15, 0.2) is 0 Å². The molecule has 0 aliphatic carbocycles. The van der Waals surface area contributed by atoms with E-state index in [9.17, 15) is 14.9 Å². The van der Waals surface area contributed by atoms with E-state index in [0.717, 1.165) is 0 Å². The molecule has 2 N–H and O–H groups in total. The number of non-ortho nitro benzene ring substituents is 1. The van der Waals surface area contributed by atoms with Gasteiger partial charge in [0.2, 0.25) is 0 Å². The fraction of sp³-hybridized carbons (Fsp3) is 0.0588. The number of nitro groups is 1. The third-order valence-corrected chi connectivity index (χ3v) is 3.51. The van der Waals surface area contributed by atoms with Crippen LogP contribution in [0.1, 0.15) is 0 Å². The Bertz CT molecular complexity index is 921. The molecule has 0 unspecified atom stereocenters. The highest BCUT2D eigenvalue weighted by Crippen LogP contribution is 2.27. The number of anilines is 2. The molecule has 0 spiro atoms. The van der Waals surface area contributed by atoms with E-state index in [0.29, 0.717) is 16.5 Å². The summed E-state index contributed by atoms with van der Waals surface area (Å²) >= 11 is 6.00. The number of amides is 1. The number of nitro benzene ring substituents is 1. The van der Waals surface area contributed by atoms with Gasteiger partial charge in [-0.2, -0.15) is 5.26 Å². The van der Waals surface area contributed by atoms with Crippen molar-refractivity contribution in [1.29, 1.82) is 5.26 Å². The van der Waals surface area contributed by atoms with Gasteiger partial charge in [-0.05, 0) is 24.3 Å². The van der Waals surface area contributed by atoms with Gasteiger partial charge >= 0.3 is 0 Å². The molecule has 0 aromatic heterocycles. The van der Waals surface area contributed by atoms with Crippen LogP contribution < -0.4 is 15.4 Å². The number of nitriles is 1. The lowest BCUT2D eigenvalue weighted by Crippen LogP contribution is -2.14. The summed E-state index contributed by atoms with van der Waals surface area (Å²) in [5.41, 5.74) is 0.365. The van der Waals surface area contributed by atoms with Crippen molar-refractivity contribution in [2.45, 2.75) is 0 Å². The average molecular weight is 373 g/mol. The molecule has 0 saturated carbocycles. The number of nitrogens with one attached hydrogen (secondary N) is 2. The Balaban J connectivity index is 2.12. The first-order chi connectivity index (χ1) is 12.4. The smallest absolute Gasteiger partial charge is 0.271 e. The van der Waals surface area contributed by atoms with E-state index in [1.165, 1.54) is 37.6 Å². The molecule has 0 aliphatic heterocycles. The first-order valence-electron chi connectivity index (χ1n) is 7.20. The van der Waals surface area contributed by atoms with Gasteiger partial charge in [-0.3, -0.25) is 14.9 Å². The van der Waals surface area contributed by atoms with Gasteiger partial charge in [0.05, 0.1) is 17.1 Å². The third kappa shape index (κ3) is 4.72. The summed E-state index contributed by atoms with van der Waals surface area (Å²) in [7, 11) is 1.49. The van der Waals surface area contributed by atoms with Gasteiger partial charge in [0.25, 0.3) is 11.6 Å². The molecule has 2 aromatic rings. The minimum atomic E-state index is -0.708. The fourth-order valence-corrected chi connectivity index (χ4v) is 2.21. The van der Waals surface area contributed by atoms with Gasteiger partial charge < -0.3 is 15.4 Å². The van der Waals surface area contributed by atoms with Crippen molar-refractivity contribution >= 4 is 34.6 Å². The molecule has 0 atom stereocenters. The summed E-state index contributed by atoms with van der Waals surface area (Å²) in [5, 5.41) is 25.5. The van der Waals surface area contributed by atoms with E-state index in [4.69, 9.17) is 21.6 Å². The molecule has 0 saturated heterocycles. The number of hydrogen-bond donors (Lipinski definition) is 2. The van der Waals surface area contributed by atoms with Crippen LogP contribution >= 0.6 is 11.6 Å².